The average Bonchev–Trinajstić information content (AvgIpc) is 2.65. The summed E-state index contributed by atoms with van der Waals surface area (Å²) in [6.07, 6.45) is 1.09. The van der Waals surface area contributed by atoms with E-state index in [9.17, 15) is 4.79 Å². The minimum atomic E-state index is -0.828. The lowest BCUT2D eigenvalue weighted by molar-refractivity contribution is -0.124. The minimum absolute atomic E-state index is 0.192. The van der Waals surface area contributed by atoms with Gasteiger partial charge >= 0.3 is 0 Å². The SMILES string of the molecule is Cc1cc(NC(=O)C2(N)CCOCC2)n[nH]1. The number of rotatable bonds is 2. The van der Waals surface area contributed by atoms with Crippen molar-refractivity contribution in [2.75, 3.05) is 18.5 Å². The Balaban J connectivity index is 2.01. The largest absolute Gasteiger partial charge is 0.381 e. The van der Waals surface area contributed by atoms with Crippen LogP contribution in [0.5, 0.6) is 0 Å². The fourth-order valence-corrected chi connectivity index (χ4v) is 1.69. The number of hydrogen-bond acceptors (Lipinski definition) is 4. The highest BCUT2D eigenvalue weighted by molar-refractivity contribution is 5.97. The molecule has 6 nitrogen and oxygen atoms in total. The maximum atomic E-state index is 12.0. The molecule has 2 heterocycles. The third-order valence-electron chi connectivity index (χ3n) is 2.78. The molecule has 0 bridgehead atoms. The van der Waals surface area contributed by atoms with Crippen LogP contribution in [-0.2, 0) is 9.53 Å². The summed E-state index contributed by atoms with van der Waals surface area (Å²) >= 11 is 0. The highest BCUT2D eigenvalue weighted by Crippen LogP contribution is 2.19. The van der Waals surface area contributed by atoms with E-state index < -0.39 is 5.54 Å². The Labute approximate surface area is 93.5 Å². The summed E-state index contributed by atoms with van der Waals surface area (Å²) in [5.74, 6) is 0.320. The molecule has 1 aliphatic heterocycles. The number of nitrogens with zero attached hydrogens (tertiary/aromatic N) is 1. The van der Waals surface area contributed by atoms with E-state index in [-0.39, 0.29) is 5.91 Å². The summed E-state index contributed by atoms with van der Waals surface area (Å²) in [7, 11) is 0. The topological polar surface area (TPSA) is 93.0 Å². The van der Waals surface area contributed by atoms with E-state index in [1.807, 2.05) is 6.92 Å². The molecule has 1 aromatic rings. The molecule has 0 radical (unpaired) electrons. The van der Waals surface area contributed by atoms with Gasteiger partial charge in [0.2, 0.25) is 5.91 Å². The van der Waals surface area contributed by atoms with Gasteiger partial charge in [-0.1, -0.05) is 0 Å². The molecule has 1 fully saturated rings. The van der Waals surface area contributed by atoms with E-state index in [1.54, 1.807) is 6.07 Å². The second-order valence-electron chi connectivity index (χ2n) is 4.16. The molecule has 0 aromatic carbocycles. The number of amides is 1. The Morgan fingerprint density at radius 3 is 2.88 bits per heavy atom. The third-order valence-corrected chi connectivity index (χ3v) is 2.78. The lowest BCUT2D eigenvalue weighted by atomic mass is 9.90. The number of nitrogens with one attached hydrogen (secondary N) is 2. The molecule has 88 valence electrons. The van der Waals surface area contributed by atoms with Gasteiger partial charge in [-0.3, -0.25) is 9.89 Å². The second kappa shape index (κ2) is 4.23. The monoisotopic (exact) mass is 224 g/mol. The fraction of sp³-hybridized carbons (Fsp3) is 0.600. The van der Waals surface area contributed by atoms with E-state index in [4.69, 9.17) is 10.5 Å². The number of ether oxygens (including phenoxy) is 1. The van der Waals surface area contributed by atoms with E-state index >= 15 is 0 Å². The van der Waals surface area contributed by atoms with Crippen LogP contribution < -0.4 is 11.1 Å². The second-order valence-corrected chi connectivity index (χ2v) is 4.16. The molecule has 1 amide bonds. The number of aromatic amines is 1. The molecule has 2 rings (SSSR count). The third kappa shape index (κ3) is 2.23. The standard InChI is InChI=1S/C10H16N4O2/c1-7-6-8(14-13-7)12-9(15)10(11)2-4-16-5-3-10/h6H,2-5,11H2,1H3,(H2,12,13,14,15). The summed E-state index contributed by atoms with van der Waals surface area (Å²) in [6.45, 7) is 2.93. The van der Waals surface area contributed by atoms with Crippen molar-refractivity contribution in [2.45, 2.75) is 25.3 Å². The van der Waals surface area contributed by atoms with Crippen LogP contribution in [0.25, 0.3) is 0 Å². The van der Waals surface area contributed by atoms with Gasteiger partial charge in [-0.05, 0) is 19.8 Å². The summed E-state index contributed by atoms with van der Waals surface area (Å²) in [5, 5.41) is 9.41. The zero-order valence-corrected chi connectivity index (χ0v) is 9.25. The Morgan fingerprint density at radius 2 is 2.31 bits per heavy atom. The zero-order chi connectivity index (χ0) is 11.6. The number of hydrogen-bond donors (Lipinski definition) is 3. The summed E-state index contributed by atoms with van der Waals surface area (Å²) in [6, 6.07) is 1.76. The molecule has 1 aromatic heterocycles. The number of nitrogens with two attached hydrogens (primary N) is 1. The molecule has 1 saturated heterocycles. The average molecular weight is 224 g/mol. The summed E-state index contributed by atoms with van der Waals surface area (Å²) < 4.78 is 5.19. The molecule has 16 heavy (non-hydrogen) atoms. The summed E-state index contributed by atoms with van der Waals surface area (Å²) in [4.78, 5) is 12.0. The van der Waals surface area contributed by atoms with Gasteiger partial charge in [0.05, 0.1) is 0 Å². The fourth-order valence-electron chi connectivity index (χ4n) is 1.69. The van der Waals surface area contributed by atoms with Crippen molar-refractivity contribution in [1.29, 1.82) is 0 Å². The van der Waals surface area contributed by atoms with Crippen molar-refractivity contribution in [2.24, 2.45) is 5.73 Å². The van der Waals surface area contributed by atoms with Crippen LogP contribution in [0.2, 0.25) is 0 Å². The summed E-state index contributed by atoms with van der Waals surface area (Å²) in [5.41, 5.74) is 6.10. The van der Waals surface area contributed by atoms with Crippen molar-refractivity contribution in [1.82, 2.24) is 10.2 Å². The molecular formula is C10H16N4O2. The van der Waals surface area contributed by atoms with Crippen molar-refractivity contribution in [3.63, 3.8) is 0 Å². The van der Waals surface area contributed by atoms with E-state index in [1.165, 1.54) is 0 Å². The van der Waals surface area contributed by atoms with Gasteiger partial charge in [-0.2, -0.15) is 5.10 Å². The molecule has 4 N–H and O–H groups in total. The zero-order valence-electron chi connectivity index (χ0n) is 9.25. The molecule has 0 saturated carbocycles. The van der Waals surface area contributed by atoms with E-state index in [0.29, 0.717) is 31.9 Å². The highest BCUT2D eigenvalue weighted by atomic mass is 16.5. The first-order chi connectivity index (χ1) is 7.60. The highest BCUT2D eigenvalue weighted by Gasteiger charge is 2.36. The predicted molar refractivity (Wildman–Crippen MR) is 58.9 cm³/mol. The lowest BCUT2D eigenvalue weighted by Gasteiger charge is -2.31. The van der Waals surface area contributed by atoms with Crippen molar-refractivity contribution in [3.05, 3.63) is 11.8 Å². The molecule has 6 heteroatoms. The van der Waals surface area contributed by atoms with Crippen molar-refractivity contribution >= 4 is 11.7 Å². The van der Waals surface area contributed by atoms with Crippen LogP contribution in [0.1, 0.15) is 18.5 Å². The van der Waals surface area contributed by atoms with Gasteiger partial charge in [0.1, 0.15) is 5.54 Å². The Kier molecular flexibility index (Phi) is 2.93. The first-order valence-corrected chi connectivity index (χ1v) is 5.30. The van der Waals surface area contributed by atoms with E-state index in [0.717, 1.165) is 5.69 Å². The van der Waals surface area contributed by atoms with Crippen LogP contribution in [0, 0.1) is 6.92 Å². The van der Waals surface area contributed by atoms with Crippen LogP contribution in [-0.4, -0.2) is 34.9 Å². The maximum absolute atomic E-state index is 12.0. The maximum Gasteiger partial charge on any atom is 0.245 e. The van der Waals surface area contributed by atoms with Gasteiger partial charge in [-0.25, -0.2) is 0 Å². The minimum Gasteiger partial charge on any atom is -0.381 e. The van der Waals surface area contributed by atoms with Crippen LogP contribution in [0.4, 0.5) is 5.82 Å². The lowest BCUT2D eigenvalue weighted by Crippen LogP contribution is -2.54. The van der Waals surface area contributed by atoms with Gasteiger partial charge in [0, 0.05) is 25.0 Å². The molecular weight excluding hydrogens is 208 g/mol. The molecule has 1 aliphatic rings. The molecule has 0 aliphatic carbocycles. The molecule has 0 spiro atoms. The van der Waals surface area contributed by atoms with Gasteiger partial charge in [0.25, 0.3) is 0 Å². The Bertz CT molecular complexity index is 382. The molecule has 0 atom stereocenters. The number of H-pyrrole nitrogens is 1. The van der Waals surface area contributed by atoms with Crippen molar-refractivity contribution in [3.8, 4) is 0 Å². The first kappa shape index (κ1) is 11.1. The van der Waals surface area contributed by atoms with Crippen LogP contribution in [0.15, 0.2) is 6.07 Å². The normalized spacial score (nSPS) is 19.4. The number of carbonyl (C=O) groups excluding carboxylic acids is 1. The van der Waals surface area contributed by atoms with Gasteiger partial charge in [0.15, 0.2) is 5.82 Å². The number of carbonyl (C=O) groups is 1. The smallest absolute Gasteiger partial charge is 0.245 e. The van der Waals surface area contributed by atoms with E-state index in [2.05, 4.69) is 15.5 Å². The predicted octanol–water partition coefficient (Wildman–Crippen LogP) is 0.165. The van der Waals surface area contributed by atoms with Gasteiger partial charge in [-0.15, -0.1) is 0 Å². The quantitative estimate of drug-likeness (QED) is 0.667. The number of aromatic nitrogens is 2. The van der Waals surface area contributed by atoms with Crippen molar-refractivity contribution < 1.29 is 9.53 Å². The van der Waals surface area contributed by atoms with Crippen LogP contribution >= 0.6 is 0 Å². The van der Waals surface area contributed by atoms with Crippen LogP contribution in [0.3, 0.4) is 0 Å². The first-order valence-electron chi connectivity index (χ1n) is 5.30. The Hall–Kier alpha value is -1.40. The molecule has 0 unspecified atom stereocenters. The van der Waals surface area contributed by atoms with Gasteiger partial charge < -0.3 is 15.8 Å². The number of aryl methyl sites for hydroxylation is 1. The number of anilines is 1. The Morgan fingerprint density at radius 1 is 1.62 bits per heavy atom.